The number of carbonyl (C=O) groups is 1. The number of nitrogens with one attached hydrogen (secondary N) is 1. The highest BCUT2D eigenvalue weighted by Gasteiger charge is 2.09. The molecule has 0 radical (unpaired) electrons. The molecule has 1 amide bonds. The maximum absolute atomic E-state index is 12.4. The molecule has 4 heteroatoms. The molecular weight excluding hydrogens is 408 g/mol. The van der Waals surface area contributed by atoms with Gasteiger partial charge in [0.25, 0.3) is 5.91 Å². The van der Waals surface area contributed by atoms with Gasteiger partial charge >= 0.3 is 0 Å². The first-order chi connectivity index (χ1) is 16.3. The van der Waals surface area contributed by atoms with Gasteiger partial charge in [0.2, 0.25) is 0 Å². The van der Waals surface area contributed by atoms with Crippen LogP contribution in [0.25, 0.3) is 32.7 Å². The Morgan fingerprint density at radius 2 is 1.36 bits per heavy atom. The molecular formula is C29H22N2O2. The van der Waals surface area contributed by atoms with E-state index in [1.807, 2.05) is 78.9 Å². The molecule has 0 fully saturated rings. The van der Waals surface area contributed by atoms with Crippen LogP contribution in [0.5, 0.6) is 5.75 Å². The Bertz CT molecular complexity index is 1410. The van der Waals surface area contributed by atoms with Gasteiger partial charge in [0, 0.05) is 11.1 Å². The van der Waals surface area contributed by atoms with Crippen LogP contribution in [0.3, 0.4) is 0 Å². The Morgan fingerprint density at radius 1 is 0.758 bits per heavy atom. The quantitative estimate of drug-likeness (QED) is 0.198. The number of nitrogens with zero attached hydrogens (tertiary/aromatic N) is 1. The first-order valence-electron chi connectivity index (χ1n) is 10.8. The number of hydrogen-bond acceptors (Lipinski definition) is 3. The zero-order valence-corrected chi connectivity index (χ0v) is 17.9. The number of fused-ring (bicyclic) bond motifs is 2. The molecule has 0 atom stereocenters. The number of carbonyl (C=O) groups excluding carboxylic acids is 1. The molecule has 0 bridgehead atoms. The van der Waals surface area contributed by atoms with E-state index in [2.05, 4.69) is 40.9 Å². The van der Waals surface area contributed by atoms with Gasteiger partial charge in [-0.05, 0) is 39.2 Å². The van der Waals surface area contributed by atoms with Gasteiger partial charge in [0.1, 0.15) is 5.75 Å². The van der Waals surface area contributed by atoms with Crippen LogP contribution in [0, 0.1) is 0 Å². The predicted molar refractivity (Wildman–Crippen MR) is 135 cm³/mol. The Kier molecular flexibility index (Phi) is 5.81. The van der Waals surface area contributed by atoms with Crippen molar-refractivity contribution in [3.05, 3.63) is 115 Å². The molecule has 0 saturated carbocycles. The van der Waals surface area contributed by atoms with E-state index in [-0.39, 0.29) is 12.5 Å². The molecule has 0 spiro atoms. The van der Waals surface area contributed by atoms with E-state index >= 15 is 0 Å². The molecule has 0 aliphatic heterocycles. The molecule has 0 heterocycles. The van der Waals surface area contributed by atoms with Crippen molar-refractivity contribution < 1.29 is 9.53 Å². The van der Waals surface area contributed by atoms with Crippen LogP contribution in [0.4, 0.5) is 0 Å². The summed E-state index contributed by atoms with van der Waals surface area (Å²) >= 11 is 0. The lowest BCUT2D eigenvalue weighted by atomic mass is 9.97. The van der Waals surface area contributed by atoms with Crippen LogP contribution in [0.15, 0.2) is 114 Å². The summed E-state index contributed by atoms with van der Waals surface area (Å²) in [6.07, 6.45) is 1.71. The fraction of sp³-hybridized carbons (Fsp3) is 0.0345. The number of hydrogen-bond donors (Lipinski definition) is 1. The van der Waals surface area contributed by atoms with Gasteiger partial charge in [-0.2, -0.15) is 5.10 Å². The van der Waals surface area contributed by atoms with Crippen molar-refractivity contribution in [3.8, 4) is 16.9 Å². The summed E-state index contributed by atoms with van der Waals surface area (Å²) in [7, 11) is 0. The largest absolute Gasteiger partial charge is 0.483 e. The zero-order chi connectivity index (χ0) is 22.5. The van der Waals surface area contributed by atoms with Gasteiger partial charge < -0.3 is 4.74 Å². The van der Waals surface area contributed by atoms with Gasteiger partial charge in [-0.1, -0.05) is 97.1 Å². The van der Waals surface area contributed by atoms with Gasteiger partial charge in [0.15, 0.2) is 6.61 Å². The molecule has 1 N–H and O–H groups in total. The van der Waals surface area contributed by atoms with Crippen molar-refractivity contribution in [1.82, 2.24) is 5.43 Å². The van der Waals surface area contributed by atoms with Crippen molar-refractivity contribution >= 4 is 33.7 Å². The summed E-state index contributed by atoms with van der Waals surface area (Å²) in [6.45, 7) is -0.128. The summed E-state index contributed by atoms with van der Waals surface area (Å²) in [5.41, 5.74) is 5.54. The molecule has 0 aromatic heterocycles. The highest BCUT2D eigenvalue weighted by molar-refractivity contribution is 6.13. The smallest absolute Gasteiger partial charge is 0.277 e. The first-order valence-corrected chi connectivity index (χ1v) is 10.8. The zero-order valence-electron chi connectivity index (χ0n) is 17.9. The Morgan fingerprint density at radius 3 is 2.09 bits per heavy atom. The minimum absolute atomic E-state index is 0.128. The second-order valence-corrected chi connectivity index (χ2v) is 7.68. The molecule has 160 valence electrons. The standard InChI is InChI=1S/C29H22N2O2/c32-29(20-33-28-17-9-8-16-26(28)21-10-2-1-3-11-21)31-30-19-27-24-14-6-4-12-22(24)18-23-13-5-7-15-25(23)27/h1-19H,20H2,(H,31,32)/b30-19+. The average Bonchev–Trinajstić information content (AvgIpc) is 2.88. The first kappa shape index (κ1) is 20.5. The molecule has 4 nitrogen and oxygen atoms in total. The normalized spacial score (nSPS) is 11.2. The van der Waals surface area contributed by atoms with Crippen LogP contribution in [0.2, 0.25) is 0 Å². The van der Waals surface area contributed by atoms with Crippen molar-refractivity contribution in [1.29, 1.82) is 0 Å². The number of hydrazone groups is 1. The van der Waals surface area contributed by atoms with E-state index in [9.17, 15) is 4.79 Å². The second kappa shape index (κ2) is 9.37. The summed E-state index contributed by atoms with van der Waals surface area (Å²) < 4.78 is 5.81. The molecule has 0 unspecified atom stereocenters. The number of amides is 1. The molecule has 0 saturated heterocycles. The number of ether oxygens (including phenoxy) is 1. The summed E-state index contributed by atoms with van der Waals surface area (Å²) in [4.78, 5) is 12.4. The number of benzene rings is 5. The minimum Gasteiger partial charge on any atom is -0.483 e. The summed E-state index contributed by atoms with van der Waals surface area (Å²) in [5, 5.41) is 8.66. The van der Waals surface area contributed by atoms with E-state index in [1.165, 1.54) is 0 Å². The lowest BCUT2D eigenvalue weighted by Crippen LogP contribution is -2.24. The third-order valence-corrected chi connectivity index (χ3v) is 5.53. The van der Waals surface area contributed by atoms with E-state index in [4.69, 9.17) is 4.74 Å². The van der Waals surface area contributed by atoms with Gasteiger partial charge in [-0.25, -0.2) is 5.43 Å². The maximum Gasteiger partial charge on any atom is 0.277 e. The minimum atomic E-state index is -0.321. The molecule has 33 heavy (non-hydrogen) atoms. The van der Waals surface area contributed by atoms with Crippen molar-refractivity contribution in [3.63, 3.8) is 0 Å². The molecule has 0 aliphatic rings. The van der Waals surface area contributed by atoms with E-state index in [0.29, 0.717) is 5.75 Å². The van der Waals surface area contributed by atoms with Gasteiger partial charge in [-0.15, -0.1) is 0 Å². The third kappa shape index (κ3) is 4.46. The molecule has 5 rings (SSSR count). The maximum atomic E-state index is 12.4. The lowest BCUT2D eigenvalue weighted by Gasteiger charge is -2.11. The predicted octanol–water partition coefficient (Wildman–Crippen LogP) is 6.19. The van der Waals surface area contributed by atoms with Crippen LogP contribution in [-0.4, -0.2) is 18.7 Å². The van der Waals surface area contributed by atoms with E-state index < -0.39 is 0 Å². The average molecular weight is 431 g/mol. The molecule has 5 aromatic carbocycles. The topological polar surface area (TPSA) is 50.7 Å². The summed E-state index contributed by atoms with van der Waals surface area (Å²) in [5.74, 6) is 0.335. The Balaban J connectivity index is 1.32. The van der Waals surface area contributed by atoms with Crippen LogP contribution in [-0.2, 0) is 4.79 Å². The van der Waals surface area contributed by atoms with Crippen molar-refractivity contribution in [2.45, 2.75) is 0 Å². The van der Waals surface area contributed by atoms with Crippen LogP contribution < -0.4 is 10.2 Å². The van der Waals surface area contributed by atoms with E-state index in [1.54, 1.807) is 6.21 Å². The Labute approximate surface area is 192 Å². The monoisotopic (exact) mass is 430 g/mol. The fourth-order valence-electron chi connectivity index (χ4n) is 3.98. The Hall–Kier alpha value is -4.44. The third-order valence-electron chi connectivity index (χ3n) is 5.53. The second-order valence-electron chi connectivity index (χ2n) is 7.68. The number of rotatable bonds is 6. The van der Waals surface area contributed by atoms with Gasteiger partial charge in [-0.3, -0.25) is 4.79 Å². The van der Waals surface area contributed by atoms with E-state index in [0.717, 1.165) is 38.2 Å². The highest BCUT2D eigenvalue weighted by Crippen LogP contribution is 2.29. The highest BCUT2D eigenvalue weighted by atomic mass is 16.5. The fourth-order valence-corrected chi connectivity index (χ4v) is 3.98. The SMILES string of the molecule is O=C(COc1ccccc1-c1ccccc1)N/N=C/c1c2ccccc2cc2ccccc12. The lowest BCUT2D eigenvalue weighted by molar-refractivity contribution is -0.123. The van der Waals surface area contributed by atoms with Crippen molar-refractivity contribution in [2.24, 2.45) is 5.10 Å². The number of para-hydroxylation sites is 1. The summed E-state index contributed by atoms with van der Waals surface area (Å²) in [6, 6.07) is 36.1. The van der Waals surface area contributed by atoms with Crippen molar-refractivity contribution in [2.75, 3.05) is 6.61 Å². The molecule has 5 aromatic rings. The van der Waals surface area contributed by atoms with Crippen LogP contribution in [0.1, 0.15) is 5.56 Å². The van der Waals surface area contributed by atoms with Gasteiger partial charge in [0.05, 0.1) is 6.21 Å². The van der Waals surface area contributed by atoms with Crippen LogP contribution >= 0.6 is 0 Å². The molecule has 0 aliphatic carbocycles.